The number of hydrogen-bond donors (Lipinski definition) is 3. The SMILES string of the molecule is O=Cc1ccc(Oc2ccc3nc[nH]c3c2)cc1.OCc1ccc(Oc2ccc3nc[nH]c3c2)cc1. The molecule has 0 radical (unpaired) electrons. The molecule has 0 aliphatic carbocycles. The lowest BCUT2D eigenvalue weighted by atomic mass is 10.2. The van der Waals surface area contributed by atoms with Crippen LogP contribution >= 0.6 is 0 Å². The summed E-state index contributed by atoms with van der Waals surface area (Å²) in [4.78, 5) is 24.9. The quantitative estimate of drug-likeness (QED) is 0.253. The summed E-state index contributed by atoms with van der Waals surface area (Å²) < 4.78 is 11.4. The molecule has 6 aromatic rings. The number of H-pyrrole nitrogens is 2. The molecule has 36 heavy (non-hydrogen) atoms. The Hall–Kier alpha value is -4.95. The number of nitrogens with zero attached hydrogens (tertiary/aromatic N) is 2. The molecule has 0 fully saturated rings. The number of aromatic amines is 2. The number of imidazole rings is 2. The standard InChI is InChI=1S/C14H12N2O2.C14H10N2O2/c2*17-8-10-1-3-11(4-2-10)18-12-5-6-13-14(7-12)16-9-15-13/h1-7,9,17H,8H2,(H,15,16);1-9H,(H,15,16). The van der Waals surface area contributed by atoms with E-state index < -0.39 is 0 Å². The minimum Gasteiger partial charge on any atom is -0.457 e. The second kappa shape index (κ2) is 10.5. The molecule has 0 saturated heterocycles. The van der Waals surface area contributed by atoms with E-state index in [1.54, 1.807) is 36.9 Å². The van der Waals surface area contributed by atoms with E-state index in [-0.39, 0.29) is 6.61 Å². The van der Waals surface area contributed by atoms with Gasteiger partial charge in [0.1, 0.15) is 29.3 Å². The molecule has 178 valence electrons. The average molecular weight is 479 g/mol. The van der Waals surface area contributed by atoms with E-state index >= 15 is 0 Å². The number of rotatable bonds is 6. The minimum absolute atomic E-state index is 0.0420. The molecule has 0 unspecified atom stereocenters. The van der Waals surface area contributed by atoms with E-state index in [4.69, 9.17) is 14.6 Å². The van der Waals surface area contributed by atoms with Crippen molar-refractivity contribution in [2.45, 2.75) is 6.61 Å². The first-order valence-corrected chi connectivity index (χ1v) is 11.2. The van der Waals surface area contributed by atoms with Gasteiger partial charge in [-0.15, -0.1) is 0 Å². The van der Waals surface area contributed by atoms with Gasteiger partial charge in [-0.2, -0.15) is 0 Å². The Kier molecular flexibility index (Phi) is 6.68. The Morgan fingerprint density at radius 3 is 1.61 bits per heavy atom. The Morgan fingerprint density at radius 1 is 0.667 bits per heavy atom. The highest BCUT2D eigenvalue weighted by molar-refractivity contribution is 5.77. The normalized spacial score (nSPS) is 10.6. The molecule has 0 amide bonds. The van der Waals surface area contributed by atoms with Gasteiger partial charge in [-0.3, -0.25) is 4.79 Å². The van der Waals surface area contributed by atoms with Crippen molar-refractivity contribution in [3.05, 3.63) is 109 Å². The highest BCUT2D eigenvalue weighted by Gasteiger charge is 2.02. The van der Waals surface area contributed by atoms with Crippen LogP contribution in [0.4, 0.5) is 0 Å². The molecule has 0 aliphatic heterocycles. The molecule has 4 aromatic carbocycles. The van der Waals surface area contributed by atoms with Crippen molar-refractivity contribution >= 4 is 28.4 Å². The van der Waals surface area contributed by atoms with Crippen molar-refractivity contribution < 1.29 is 19.4 Å². The van der Waals surface area contributed by atoms with Crippen LogP contribution in [0.25, 0.3) is 22.1 Å². The third-order valence-corrected chi connectivity index (χ3v) is 5.38. The molecule has 8 nitrogen and oxygen atoms in total. The molecule has 2 heterocycles. The van der Waals surface area contributed by atoms with Gasteiger partial charge in [-0.05, 0) is 66.2 Å². The fourth-order valence-electron chi connectivity index (χ4n) is 3.51. The summed E-state index contributed by atoms with van der Waals surface area (Å²) in [7, 11) is 0. The molecule has 0 saturated carbocycles. The van der Waals surface area contributed by atoms with Crippen LogP contribution in [0.15, 0.2) is 97.6 Å². The Morgan fingerprint density at radius 2 is 1.14 bits per heavy atom. The van der Waals surface area contributed by atoms with Crippen LogP contribution in [-0.4, -0.2) is 31.3 Å². The van der Waals surface area contributed by atoms with Crippen molar-refractivity contribution in [1.29, 1.82) is 0 Å². The number of aliphatic hydroxyl groups is 1. The lowest BCUT2D eigenvalue weighted by Crippen LogP contribution is -1.86. The first-order chi connectivity index (χ1) is 17.7. The summed E-state index contributed by atoms with van der Waals surface area (Å²) in [6.07, 6.45) is 4.11. The highest BCUT2D eigenvalue weighted by Crippen LogP contribution is 2.25. The summed E-state index contributed by atoms with van der Waals surface area (Å²) in [5.41, 5.74) is 5.19. The number of benzene rings is 4. The van der Waals surface area contributed by atoms with E-state index in [1.807, 2.05) is 60.7 Å². The molecule has 0 atom stereocenters. The fourth-order valence-corrected chi connectivity index (χ4v) is 3.51. The predicted molar refractivity (Wildman–Crippen MR) is 137 cm³/mol. The number of fused-ring (bicyclic) bond motifs is 2. The third kappa shape index (κ3) is 5.40. The zero-order chi connectivity index (χ0) is 24.7. The van der Waals surface area contributed by atoms with E-state index in [1.165, 1.54) is 0 Å². The molecule has 6 rings (SSSR count). The smallest absolute Gasteiger partial charge is 0.150 e. The molecule has 0 bridgehead atoms. The second-order valence-electron chi connectivity index (χ2n) is 7.86. The van der Waals surface area contributed by atoms with E-state index in [2.05, 4.69) is 19.9 Å². The van der Waals surface area contributed by atoms with Crippen LogP contribution in [0, 0.1) is 0 Å². The predicted octanol–water partition coefficient (Wildman–Crippen LogP) is 6.02. The summed E-state index contributed by atoms with van der Waals surface area (Å²) in [5.74, 6) is 2.92. The average Bonchev–Trinajstić information content (AvgIpc) is 3.59. The Labute approximate surface area is 206 Å². The van der Waals surface area contributed by atoms with Gasteiger partial charge in [0.25, 0.3) is 0 Å². The Bertz CT molecular complexity index is 1590. The summed E-state index contributed by atoms with van der Waals surface area (Å²) in [5, 5.41) is 8.96. The minimum atomic E-state index is 0.0420. The van der Waals surface area contributed by atoms with Crippen molar-refractivity contribution in [3.63, 3.8) is 0 Å². The third-order valence-electron chi connectivity index (χ3n) is 5.38. The fraction of sp³-hybridized carbons (Fsp3) is 0.0357. The number of ether oxygens (including phenoxy) is 2. The lowest BCUT2D eigenvalue weighted by molar-refractivity contribution is 0.112. The van der Waals surface area contributed by atoms with Crippen LogP contribution in [-0.2, 0) is 6.61 Å². The van der Waals surface area contributed by atoms with Gasteiger partial charge in [0.15, 0.2) is 0 Å². The maximum atomic E-state index is 10.5. The van der Waals surface area contributed by atoms with Crippen LogP contribution in [0.2, 0.25) is 0 Å². The second-order valence-corrected chi connectivity index (χ2v) is 7.86. The molecular formula is C28H22N4O4. The lowest BCUT2D eigenvalue weighted by Gasteiger charge is -2.06. The van der Waals surface area contributed by atoms with Crippen molar-refractivity contribution in [2.24, 2.45) is 0 Å². The summed E-state index contributed by atoms with van der Waals surface area (Å²) in [6, 6.07) is 25.6. The molecular weight excluding hydrogens is 456 g/mol. The first-order valence-electron chi connectivity index (χ1n) is 11.2. The van der Waals surface area contributed by atoms with Crippen molar-refractivity contribution in [3.8, 4) is 23.0 Å². The zero-order valence-electron chi connectivity index (χ0n) is 19.1. The zero-order valence-corrected chi connectivity index (χ0v) is 19.1. The topological polar surface area (TPSA) is 113 Å². The first kappa shape index (κ1) is 22.8. The Balaban J connectivity index is 0.000000148. The van der Waals surface area contributed by atoms with Gasteiger partial charge < -0.3 is 24.5 Å². The number of carbonyl (C=O) groups excluding carboxylic acids is 1. The highest BCUT2D eigenvalue weighted by atomic mass is 16.5. The number of hydrogen-bond acceptors (Lipinski definition) is 6. The largest absolute Gasteiger partial charge is 0.457 e. The van der Waals surface area contributed by atoms with Gasteiger partial charge in [-0.25, -0.2) is 9.97 Å². The van der Waals surface area contributed by atoms with Gasteiger partial charge in [0, 0.05) is 17.7 Å². The monoisotopic (exact) mass is 478 g/mol. The number of aldehydes is 1. The molecule has 0 aliphatic rings. The van der Waals surface area contributed by atoms with Gasteiger partial charge in [0.05, 0.1) is 41.3 Å². The van der Waals surface area contributed by atoms with E-state index in [0.717, 1.165) is 51.2 Å². The van der Waals surface area contributed by atoms with Crippen molar-refractivity contribution in [1.82, 2.24) is 19.9 Å². The summed E-state index contributed by atoms with van der Waals surface area (Å²) in [6.45, 7) is 0.0420. The van der Waals surface area contributed by atoms with Gasteiger partial charge >= 0.3 is 0 Å². The van der Waals surface area contributed by atoms with E-state index in [9.17, 15) is 4.79 Å². The van der Waals surface area contributed by atoms with Crippen LogP contribution in [0.5, 0.6) is 23.0 Å². The number of aromatic nitrogens is 4. The number of aliphatic hydroxyl groups excluding tert-OH is 1. The molecule has 8 heteroatoms. The van der Waals surface area contributed by atoms with Crippen molar-refractivity contribution in [2.75, 3.05) is 0 Å². The van der Waals surface area contributed by atoms with Crippen LogP contribution in [0.1, 0.15) is 15.9 Å². The maximum absolute atomic E-state index is 10.5. The number of nitrogens with one attached hydrogen (secondary N) is 2. The molecule has 0 spiro atoms. The van der Waals surface area contributed by atoms with Crippen LogP contribution < -0.4 is 9.47 Å². The van der Waals surface area contributed by atoms with Gasteiger partial charge in [-0.1, -0.05) is 12.1 Å². The summed E-state index contributed by atoms with van der Waals surface area (Å²) >= 11 is 0. The maximum Gasteiger partial charge on any atom is 0.150 e. The van der Waals surface area contributed by atoms with Gasteiger partial charge in [0.2, 0.25) is 0 Å². The van der Waals surface area contributed by atoms with E-state index in [0.29, 0.717) is 11.3 Å². The molecule has 3 N–H and O–H groups in total. The van der Waals surface area contributed by atoms with Crippen LogP contribution in [0.3, 0.4) is 0 Å². The molecule has 2 aromatic heterocycles. The number of carbonyl (C=O) groups is 1.